The molecule has 3 rings (SSSR count). The summed E-state index contributed by atoms with van der Waals surface area (Å²) in [5, 5.41) is 6.82. The van der Waals surface area contributed by atoms with E-state index >= 15 is 0 Å². The van der Waals surface area contributed by atoms with Crippen molar-refractivity contribution in [2.24, 2.45) is 4.99 Å². The number of rotatable bonds is 12. The molecular formula is C23H34IN3O4. The van der Waals surface area contributed by atoms with Gasteiger partial charge in [-0.15, -0.1) is 24.0 Å². The maximum atomic E-state index is 5.81. The van der Waals surface area contributed by atoms with Crippen molar-refractivity contribution >= 4 is 29.9 Å². The molecule has 2 N–H and O–H groups in total. The molecule has 0 saturated carbocycles. The SMILES string of the molecule is COc1ccc(CCNC(=NCCCOC2CCOC2)NCCc2ccco2)cc1.I. The molecule has 1 aliphatic rings. The molecule has 7 nitrogen and oxygen atoms in total. The zero-order valence-corrected chi connectivity index (χ0v) is 20.5. The average molecular weight is 543 g/mol. The second-order valence-corrected chi connectivity index (χ2v) is 7.22. The van der Waals surface area contributed by atoms with Crippen LogP contribution in [0.5, 0.6) is 5.75 Å². The van der Waals surface area contributed by atoms with E-state index in [1.54, 1.807) is 13.4 Å². The lowest BCUT2D eigenvalue weighted by molar-refractivity contribution is 0.0424. The molecule has 0 aliphatic carbocycles. The largest absolute Gasteiger partial charge is 0.497 e. The van der Waals surface area contributed by atoms with Gasteiger partial charge in [0.1, 0.15) is 11.5 Å². The van der Waals surface area contributed by atoms with Crippen LogP contribution in [0.15, 0.2) is 52.1 Å². The molecule has 0 radical (unpaired) electrons. The average Bonchev–Trinajstić information content (AvgIpc) is 3.48. The predicted molar refractivity (Wildman–Crippen MR) is 133 cm³/mol. The van der Waals surface area contributed by atoms with Crippen LogP contribution in [0.3, 0.4) is 0 Å². The summed E-state index contributed by atoms with van der Waals surface area (Å²) in [6, 6.07) is 12.0. The molecule has 2 aromatic rings. The van der Waals surface area contributed by atoms with Crippen LogP contribution in [0.25, 0.3) is 0 Å². The van der Waals surface area contributed by atoms with Crippen LogP contribution < -0.4 is 15.4 Å². The van der Waals surface area contributed by atoms with Gasteiger partial charge in [-0.3, -0.25) is 4.99 Å². The van der Waals surface area contributed by atoms with E-state index in [4.69, 9.17) is 23.6 Å². The number of hydrogen-bond donors (Lipinski definition) is 2. The molecule has 2 heterocycles. The normalized spacial score (nSPS) is 16.0. The Morgan fingerprint density at radius 2 is 1.94 bits per heavy atom. The van der Waals surface area contributed by atoms with Crippen molar-refractivity contribution in [2.45, 2.75) is 31.8 Å². The fourth-order valence-electron chi connectivity index (χ4n) is 3.20. The highest BCUT2D eigenvalue weighted by Gasteiger charge is 2.15. The first kappa shape index (κ1) is 25.5. The quantitative estimate of drug-likeness (QED) is 0.185. The molecule has 1 aliphatic heterocycles. The van der Waals surface area contributed by atoms with Crippen LogP contribution in [0, 0.1) is 0 Å². The Labute approximate surface area is 202 Å². The number of furan rings is 1. The number of hydrogen-bond acceptors (Lipinski definition) is 5. The first-order valence-electron chi connectivity index (χ1n) is 10.7. The van der Waals surface area contributed by atoms with Crippen molar-refractivity contribution in [3.05, 3.63) is 54.0 Å². The fourth-order valence-corrected chi connectivity index (χ4v) is 3.20. The summed E-state index contributed by atoms with van der Waals surface area (Å²) in [5.41, 5.74) is 1.26. The predicted octanol–water partition coefficient (Wildman–Crippen LogP) is 3.42. The molecule has 8 heteroatoms. The first-order valence-corrected chi connectivity index (χ1v) is 10.7. The summed E-state index contributed by atoms with van der Waals surface area (Å²) in [6.07, 6.45) is 5.57. The van der Waals surface area contributed by atoms with E-state index in [0.717, 1.165) is 69.5 Å². The van der Waals surface area contributed by atoms with Gasteiger partial charge in [0.2, 0.25) is 0 Å². The maximum absolute atomic E-state index is 5.81. The van der Waals surface area contributed by atoms with Gasteiger partial charge in [-0.25, -0.2) is 0 Å². The summed E-state index contributed by atoms with van der Waals surface area (Å²) in [5.74, 6) is 2.66. The fraction of sp³-hybridized carbons (Fsp3) is 0.522. The zero-order chi connectivity index (χ0) is 20.9. The molecule has 1 fully saturated rings. The van der Waals surface area contributed by atoms with E-state index in [0.29, 0.717) is 13.2 Å². The lowest BCUT2D eigenvalue weighted by Crippen LogP contribution is -2.39. The van der Waals surface area contributed by atoms with Crippen LogP contribution in [0.4, 0.5) is 0 Å². The van der Waals surface area contributed by atoms with E-state index < -0.39 is 0 Å². The maximum Gasteiger partial charge on any atom is 0.191 e. The molecule has 1 atom stereocenters. The number of methoxy groups -OCH3 is 1. The molecule has 172 valence electrons. The molecule has 1 unspecified atom stereocenters. The third-order valence-corrected chi connectivity index (χ3v) is 4.92. The molecule has 1 aromatic carbocycles. The van der Waals surface area contributed by atoms with Crippen molar-refractivity contribution < 1.29 is 18.6 Å². The highest BCUT2D eigenvalue weighted by Crippen LogP contribution is 2.11. The third-order valence-electron chi connectivity index (χ3n) is 4.92. The summed E-state index contributed by atoms with van der Waals surface area (Å²) in [7, 11) is 1.68. The number of benzene rings is 1. The van der Waals surface area contributed by atoms with E-state index in [-0.39, 0.29) is 30.1 Å². The van der Waals surface area contributed by atoms with Gasteiger partial charge in [0.25, 0.3) is 0 Å². The van der Waals surface area contributed by atoms with Crippen molar-refractivity contribution in [1.82, 2.24) is 10.6 Å². The van der Waals surface area contributed by atoms with Gasteiger partial charge in [-0.2, -0.15) is 0 Å². The molecule has 1 saturated heterocycles. The number of halogens is 1. The van der Waals surface area contributed by atoms with Gasteiger partial charge < -0.3 is 29.3 Å². The second kappa shape index (κ2) is 15.1. The van der Waals surface area contributed by atoms with E-state index in [1.165, 1.54) is 5.56 Å². The first-order chi connectivity index (χ1) is 14.8. The van der Waals surface area contributed by atoms with Crippen LogP contribution in [0.1, 0.15) is 24.2 Å². The Morgan fingerprint density at radius 3 is 2.61 bits per heavy atom. The Bertz CT molecular complexity index is 732. The highest BCUT2D eigenvalue weighted by molar-refractivity contribution is 14.0. The van der Waals surface area contributed by atoms with Crippen LogP contribution in [-0.4, -0.2) is 58.6 Å². The van der Waals surface area contributed by atoms with Crippen LogP contribution in [-0.2, 0) is 22.3 Å². The van der Waals surface area contributed by atoms with E-state index in [9.17, 15) is 0 Å². The molecule has 0 amide bonds. The van der Waals surface area contributed by atoms with Gasteiger partial charge in [-0.05, 0) is 49.1 Å². The van der Waals surface area contributed by atoms with Crippen molar-refractivity contribution in [3.8, 4) is 5.75 Å². The minimum absolute atomic E-state index is 0. The number of aliphatic imine (C=N–C) groups is 1. The summed E-state index contributed by atoms with van der Waals surface area (Å²) >= 11 is 0. The molecule has 31 heavy (non-hydrogen) atoms. The Morgan fingerprint density at radius 1 is 1.13 bits per heavy atom. The lowest BCUT2D eigenvalue weighted by Gasteiger charge is -2.13. The Kier molecular flexibility index (Phi) is 12.4. The van der Waals surface area contributed by atoms with Gasteiger partial charge >= 0.3 is 0 Å². The van der Waals surface area contributed by atoms with Gasteiger partial charge in [0.05, 0.1) is 26.1 Å². The summed E-state index contributed by atoms with van der Waals surface area (Å²) in [4.78, 5) is 4.70. The Balaban J connectivity index is 0.00000341. The molecule has 0 bridgehead atoms. The topological polar surface area (TPSA) is 77.2 Å². The van der Waals surface area contributed by atoms with Crippen LogP contribution >= 0.6 is 24.0 Å². The second-order valence-electron chi connectivity index (χ2n) is 7.22. The number of guanidine groups is 1. The minimum Gasteiger partial charge on any atom is -0.497 e. The third kappa shape index (κ3) is 9.92. The number of nitrogens with zero attached hydrogens (tertiary/aromatic N) is 1. The van der Waals surface area contributed by atoms with Crippen molar-refractivity contribution in [3.63, 3.8) is 0 Å². The zero-order valence-electron chi connectivity index (χ0n) is 18.2. The van der Waals surface area contributed by atoms with Gasteiger partial charge in [0.15, 0.2) is 5.96 Å². The Hall–Kier alpha value is -1.78. The summed E-state index contributed by atoms with van der Waals surface area (Å²) in [6.45, 7) is 4.52. The number of nitrogens with one attached hydrogen (secondary N) is 2. The summed E-state index contributed by atoms with van der Waals surface area (Å²) < 4.78 is 21.8. The smallest absolute Gasteiger partial charge is 0.191 e. The van der Waals surface area contributed by atoms with Crippen LogP contribution in [0.2, 0.25) is 0 Å². The molecule has 1 aromatic heterocycles. The number of ether oxygens (including phenoxy) is 3. The van der Waals surface area contributed by atoms with Gasteiger partial charge in [-0.1, -0.05) is 12.1 Å². The monoisotopic (exact) mass is 543 g/mol. The molecular weight excluding hydrogens is 509 g/mol. The van der Waals surface area contributed by atoms with Crippen molar-refractivity contribution in [2.75, 3.05) is 46.6 Å². The van der Waals surface area contributed by atoms with Gasteiger partial charge in [0, 0.05) is 39.3 Å². The standard InChI is InChI=1S/C23H33N3O4.HI/c1-27-20-7-5-19(6-8-20)9-13-25-23(26-14-10-21-4-2-15-29-21)24-12-3-16-30-22-11-17-28-18-22;/h2,4-8,15,22H,3,9-14,16-18H2,1H3,(H2,24,25,26);1H. The minimum atomic E-state index is 0. The van der Waals surface area contributed by atoms with Crippen molar-refractivity contribution in [1.29, 1.82) is 0 Å². The van der Waals surface area contributed by atoms with E-state index in [1.807, 2.05) is 24.3 Å². The lowest BCUT2D eigenvalue weighted by atomic mass is 10.1. The molecule has 0 spiro atoms. The highest BCUT2D eigenvalue weighted by atomic mass is 127. The van der Waals surface area contributed by atoms with E-state index in [2.05, 4.69) is 22.8 Å².